The minimum Gasteiger partial charge on any atom is -0.497 e. The van der Waals surface area contributed by atoms with E-state index in [4.69, 9.17) is 14.0 Å². The van der Waals surface area contributed by atoms with Crippen LogP contribution in [0.3, 0.4) is 0 Å². The lowest BCUT2D eigenvalue weighted by Crippen LogP contribution is -2.35. The molecule has 3 rings (SSSR count). The molecular weight excluding hydrogens is 346 g/mol. The Morgan fingerprint density at radius 2 is 1.96 bits per heavy atom. The van der Waals surface area contributed by atoms with Gasteiger partial charge < -0.3 is 19.3 Å². The summed E-state index contributed by atoms with van der Waals surface area (Å²) >= 11 is 0. The fraction of sp³-hybridized carbons (Fsp3) is 0.250. The summed E-state index contributed by atoms with van der Waals surface area (Å²) in [6.45, 7) is 3.80. The van der Waals surface area contributed by atoms with E-state index < -0.39 is 6.10 Å². The van der Waals surface area contributed by atoms with Crippen molar-refractivity contribution < 1.29 is 18.8 Å². The SMILES string of the molecule is COc1cccc(-c2noc(CNC(=O)[C@H](C)Oc3ccc(C)cc3)n2)c1. The first-order chi connectivity index (χ1) is 13.0. The van der Waals surface area contributed by atoms with Crippen LogP contribution < -0.4 is 14.8 Å². The largest absolute Gasteiger partial charge is 0.497 e. The van der Waals surface area contributed by atoms with Gasteiger partial charge >= 0.3 is 0 Å². The molecule has 0 aliphatic rings. The molecular formula is C20H21N3O4. The van der Waals surface area contributed by atoms with Crippen molar-refractivity contribution in [1.29, 1.82) is 0 Å². The average Bonchev–Trinajstić information content (AvgIpc) is 3.17. The Bertz CT molecular complexity index is 906. The van der Waals surface area contributed by atoms with Gasteiger partial charge in [-0.05, 0) is 38.1 Å². The van der Waals surface area contributed by atoms with Crippen LogP contribution in [0, 0.1) is 6.92 Å². The van der Waals surface area contributed by atoms with Crippen molar-refractivity contribution in [2.75, 3.05) is 7.11 Å². The van der Waals surface area contributed by atoms with Crippen LogP contribution in [0.5, 0.6) is 11.5 Å². The van der Waals surface area contributed by atoms with Gasteiger partial charge in [-0.3, -0.25) is 4.79 Å². The van der Waals surface area contributed by atoms with Crippen LogP contribution in [0.4, 0.5) is 0 Å². The molecule has 140 valence electrons. The van der Waals surface area contributed by atoms with Crippen molar-refractivity contribution in [3.8, 4) is 22.9 Å². The van der Waals surface area contributed by atoms with Crippen molar-refractivity contribution in [1.82, 2.24) is 15.5 Å². The minimum atomic E-state index is -0.645. The molecule has 27 heavy (non-hydrogen) atoms. The van der Waals surface area contributed by atoms with Crippen LogP contribution >= 0.6 is 0 Å². The van der Waals surface area contributed by atoms with E-state index in [1.807, 2.05) is 55.5 Å². The van der Waals surface area contributed by atoms with Gasteiger partial charge in [0.25, 0.3) is 5.91 Å². The lowest BCUT2D eigenvalue weighted by atomic mass is 10.2. The third kappa shape index (κ3) is 4.84. The second-order valence-electron chi connectivity index (χ2n) is 6.03. The first kappa shape index (κ1) is 18.4. The van der Waals surface area contributed by atoms with Crippen LogP contribution in [0.25, 0.3) is 11.4 Å². The summed E-state index contributed by atoms with van der Waals surface area (Å²) < 4.78 is 16.0. The summed E-state index contributed by atoms with van der Waals surface area (Å²) in [5.41, 5.74) is 1.90. The molecule has 7 nitrogen and oxygen atoms in total. The topological polar surface area (TPSA) is 86.5 Å². The molecule has 7 heteroatoms. The van der Waals surface area contributed by atoms with Gasteiger partial charge in [0.05, 0.1) is 13.7 Å². The number of amides is 1. The molecule has 0 unspecified atom stereocenters. The Hall–Kier alpha value is -3.35. The smallest absolute Gasteiger partial charge is 0.261 e. The number of benzene rings is 2. The van der Waals surface area contributed by atoms with Gasteiger partial charge in [-0.25, -0.2) is 0 Å². The van der Waals surface area contributed by atoms with Crippen LogP contribution in [0.15, 0.2) is 53.1 Å². The van der Waals surface area contributed by atoms with E-state index in [1.165, 1.54) is 0 Å². The molecule has 3 aromatic rings. The summed E-state index contributed by atoms with van der Waals surface area (Å²) in [5, 5.41) is 6.67. The molecule has 0 radical (unpaired) electrons. The number of hydrogen-bond donors (Lipinski definition) is 1. The molecule has 0 bridgehead atoms. The second kappa shape index (κ2) is 8.35. The highest BCUT2D eigenvalue weighted by molar-refractivity contribution is 5.80. The van der Waals surface area contributed by atoms with Crippen molar-refractivity contribution >= 4 is 5.91 Å². The van der Waals surface area contributed by atoms with E-state index in [9.17, 15) is 4.79 Å². The zero-order chi connectivity index (χ0) is 19.2. The first-order valence-electron chi connectivity index (χ1n) is 8.53. The molecule has 0 aliphatic carbocycles. The van der Waals surface area contributed by atoms with E-state index in [0.717, 1.165) is 11.1 Å². The van der Waals surface area contributed by atoms with Crippen molar-refractivity contribution in [2.24, 2.45) is 0 Å². The number of hydrogen-bond acceptors (Lipinski definition) is 6. The molecule has 1 heterocycles. The number of rotatable bonds is 7. The van der Waals surface area contributed by atoms with Gasteiger partial charge in [-0.2, -0.15) is 4.98 Å². The Morgan fingerprint density at radius 1 is 1.19 bits per heavy atom. The fourth-order valence-electron chi connectivity index (χ4n) is 2.39. The lowest BCUT2D eigenvalue weighted by molar-refractivity contribution is -0.127. The van der Waals surface area contributed by atoms with E-state index in [0.29, 0.717) is 23.2 Å². The van der Waals surface area contributed by atoms with Gasteiger partial charge in [-0.15, -0.1) is 0 Å². The predicted octanol–water partition coefficient (Wildman–Crippen LogP) is 3.14. The molecule has 0 saturated heterocycles. The highest BCUT2D eigenvalue weighted by atomic mass is 16.5. The van der Waals surface area contributed by atoms with Crippen LogP contribution in [0.1, 0.15) is 18.4 Å². The predicted molar refractivity (Wildman–Crippen MR) is 99.4 cm³/mol. The summed E-state index contributed by atoms with van der Waals surface area (Å²) in [4.78, 5) is 16.5. The summed E-state index contributed by atoms with van der Waals surface area (Å²) in [7, 11) is 1.59. The maximum absolute atomic E-state index is 12.2. The van der Waals surface area contributed by atoms with Crippen LogP contribution in [-0.2, 0) is 11.3 Å². The third-order valence-electron chi connectivity index (χ3n) is 3.91. The van der Waals surface area contributed by atoms with Gasteiger partial charge in [0.2, 0.25) is 11.7 Å². The van der Waals surface area contributed by atoms with Gasteiger partial charge in [0.1, 0.15) is 11.5 Å². The number of carbonyl (C=O) groups excluding carboxylic acids is 1. The first-order valence-corrected chi connectivity index (χ1v) is 8.53. The number of nitrogens with zero attached hydrogens (tertiary/aromatic N) is 2. The highest BCUT2D eigenvalue weighted by Crippen LogP contribution is 2.21. The molecule has 1 N–H and O–H groups in total. The molecule has 0 spiro atoms. The molecule has 0 saturated carbocycles. The zero-order valence-electron chi connectivity index (χ0n) is 15.4. The number of methoxy groups -OCH3 is 1. The molecule has 1 amide bonds. The average molecular weight is 367 g/mol. The number of carbonyl (C=O) groups is 1. The normalized spacial score (nSPS) is 11.7. The highest BCUT2D eigenvalue weighted by Gasteiger charge is 2.16. The number of aromatic nitrogens is 2. The van der Waals surface area contributed by atoms with E-state index >= 15 is 0 Å². The van der Waals surface area contributed by atoms with Gasteiger partial charge in [0.15, 0.2) is 6.10 Å². The quantitative estimate of drug-likeness (QED) is 0.690. The monoisotopic (exact) mass is 367 g/mol. The second-order valence-corrected chi connectivity index (χ2v) is 6.03. The van der Waals surface area contributed by atoms with Crippen molar-refractivity contribution in [3.63, 3.8) is 0 Å². The maximum atomic E-state index is 12.2. The molecule has 0 aliphatic heterocycles. The van der Waals surface area contributed by atoms with Crippen LogP contribution in [0.2, 0.25) is 0 Å². The molecule has 1 atom stereocenters. The Labute approximate surface area is 157 Å². The molecule has 2 aromatic carbocycles. The third-order valence-corrected chi connectivity index (χ3v) is 3.91. The van der Waals surface area contributed by atoms with Crippen molar-refractivity contribution in [2.45, 2.75) is 26.5 Å². The van der Waals surface area contributed by atoms with Crippen LogP contribution in [-0.4, -0.2) is 29.3 Å². The van der Waals surface area contributed by atoms with Gasteiger partial charge in [-0.1, -0.05) is 35.0 Å². The summed E-state index contributed by atoms with van der Waals surface area (Å²) in [6.07, 6.45) is -0.645. The maximum Gasteiger partial charge on any atom is 0.261 e. The van der Waals surface area contributed by atoms with E-state index in [-0.39, 0.29) is 12.5 Å². The van der Waals surface area contributed by atoms with E-state index in [1.54, 1.807) is 14.0 Å². The molecule has 0 fully saturated rings. The van der Waals surface area contributed by atoms with Crippen molar-refractivity contribution in [3.05, 3.63) is 60.0 Å². The number of nitrogens with one attached hydrogen (secondary N) is 1. The van der Waals surface area contributed by atoms with Gasteiger partial charge in [0, 0.05) is 5.56 Å². The number of aryl methyl sites for hydroxylation is 1. The minimum absolute atomic E-state index is 0.122. The summed E-state index contributed by atoms with van der Waals surface area (Å²) in [6, 6.07) is 14.9. The summed E-state index contributed by atoms with van der Waals surface area (Å²) in [5.74, 6) is 1.82. The molecule has 1 aromatic heterocycles. The lowest BCUT2D eigenvalue weighted by Gasteiger charge is -2.14. The Morgan fingerprint density at radius 3 is 2.70 bits per heavy atom. The Kier molecular flexibility index (Phi) is 5.71. The van der Waals surface area contributed by atoms with E-state index in [2.05, 4.69) is 15.5 Å². The number of ether oxygens (including phenoxy) is 2. The Balaban J connectivity index is 1.55. The fourth-order valence-corrected chi connectivity index (χ4v) is 2.39. The standard InChI is InChI=1S/C20H21N3O4/c1-13-7-9-16(10-8-13)26-14(2)20(24)21-12-18-22-19(23-27-18)15-5-4-6-17(11-15)25-3/h4-11,14H,12H2,1-3H3,(H,21,24)/t14-/m0/s1. The zero-order valence-corrected chi connectivity index (χ0v) is 15.4.